The third-order valence-corrected chi connectivity index (χ3v) is 4.27. The highest BCUT2D eigenvalue weighted by atomic mass is 35.5. The highest BCUT2D eigenvalue weighted by molar-refractivity contribution is 6.42. The number of nitrogens with two attached hydrogens (primary N) is 1. The first kappa shape index (κ1) is 19.7. The van der Waals surface area contributed by atoms with E-state index in [1.807, 2.05) is 25.9 Å². The average Bonchev–Trinajstić information content (AvgIpc) is 2.48. The molecule has 0 aliphatic rings. The Hall–Kier alpha value is -1.30. The van der Waals surface area contributed by atoms with Crippen LogP contribution in [-0.4, -0.2) is 54.8 Å². The van der Waals surface area contributed by atoms with E-state index in [2.05, 4.69) is 5.10 Å². The summed E-state index contributed by atoms with van der Waals surface area (Å²) in [6.07, 6.45) is 0.679. The van der Waals surface area contributed by atoms with E-state index in [9.17, 15) is 4.79 Å². The van der Waals surface area contributed by atoms with Crippen molar-refractivity contribution in [3.05, 3.63) is 33.8 Å². The van der Waals surface area contributed by atoms with E-state index in [-0.39, 0.29) is 11.9 Å². The molecule has 0 bridgehead atoms. The van der Waals surface area contributed by atoms with Crippen molar-refractivity contribution >= 4 is 34.8 Å². The minimum Gasteiger partial charge on any atom is -0.339 e. The van der Waals surface area contributed by atoms with E-state index in [4.69, 9.17) is 28.9 Å². The summed E-state index contributed by atoms with van der Waals surface area (Å²) < 4.78 is 0. The van der Waals surface area contributed by atoms with Gasteiger partial charge in [-0.25, -0.2) is 0 Å². The van der Waals surface area contributed by atoms with Gasteiger partial charge in [-0.05, 0) is 32.0 Å². The molecular weight excluding hydrogens is 335 g/mol. The summed E-state index contributed by atoms with van der Waals surface area (Å²) in [5.41, 5.74) is 6.96. The van der Waals surface area contributed by atoms with Crippen molar-refractivity contribution in [1.29, 1.82) is 0 Å². The second-order valence-corrected chi connectivity index (χ2v) is 6.42. The van der Waals surface area contributed by atoms with Crippen LogP contribution in [0.1, 0.15) is 30.6 Å². The smallest absolute Gasteiger partial charge is 0.253 e. The molecule has 5 nitrogen and oxygen atoms in total. The summed E-state index contributed by atoms with van der Waals surface area (Å²) in [4.78, 5) is 14.2. The number of hydrogen-bond donors (Lipinski definition) is 1. The standard InChI is InChI=1S/C16H24Cl2N4O/c1-11(20-21(3)8-7-19)9-12(2)22(4)16(23)13-5-6-14(17)15(18)10-13/h5-6,10,12H,7-9,19H2,1-4H3/b20-11+/t12-/m1/s1. The molecule has 1 aromatic rings. The molecule has 1 rings (SSSR count). The van der Waals surface area contributed by atoms with E-state index in [0.717, 1.165) is 5.71 Å². The highest BCUT2D eigenvalue weighted by Gasteiger charge is 2.19. The molecule has 0 fully saturated rings. The first-order valence-electron chi connectivity index (χ1n) is 7.43. The van der Waals surface area contributed by atoms with Crippen LogP contribution in [0.2, 0.25) is 10.0 Å². The third-order valence-electron chi connectivity index (χ3n) is 3.53. The van der Waals surface area contributed by atoms with Crippen LogP contribution in [0.3, 0.4) is 0 Å². The minimum atomic E-state index is -0.0980. The molecule has 0 spiro atoms. The van der Waals surface area contributed by atoms with Crippen molar-refractivity contribution < 1.29 is 4.79 Å². The predicted molar refractivity (Wildman–Crippen MR) is 97.4 cm³/mol. The number of hydrogen-bond acceptors (Lipinski definition) is 4. The van der Waals surface area contributed by atoms with E-state index >= 15 is 0 Å². The number of likely N-dealkylation sites (N-methyl/N-ethyl adjacent to an activating group) is 1. The van der Waals surface area contributed by atoms with Crippen LogP contribution in [0.5, 0.6) is 0 Å². The molecular formula is C16H24Cl2N4O. The molecule has 0 unspecified atom stereocenters. The molecule has 0 aliphatic heterocycles. The zero-order chi connectivity index (χ0) is 17.6. The predicted octanol–water partition coefficient (Wildman–Crippen LogP) is 3.11. The monoisotopic (exact) mass is 358 g/mol. The van der Waals surface area contributed by atoms with E-state index < -0.39 is 0 Å². The van der Waals surface area contributed by atoms with Gasteiger partial charge in [0.25, 0.3) is 5.91 Å². The molecule has 0 aliphatic carbocycles. The van der Waals surface area contributed by atoms with E-state index in [1.54, 1.807) is 30.1 Å². The van der Waals surface area contributed by atoms with Crippen LogP contribution in [0.25, 0.3) is 0 Å². The Balaban J connectivity index is 2.73. The Morgan fingerprint density at radius 1 is 1.30 bits per heavy atom. The molecule has 2 N–H and O–H groups in total. The molecule has 0 saturated carbocycles. The van der Waals surface area contributed by atoms with Crippen LogP contribution < -0.4 is 5.73 Å². The molecule has 0 heterocycles. The number of hydrazone groups is 1. The zero-order valence-electron chi connectivity index (χ0n) is 14.0. The van der Waals surface area contributed by atoms with E-state index in [0.29, 0.717) is 35.1 Å². The van der Waals surface area contributed by atoms with Gasteiger partial charge in [0.05, 0.1) is 10.0 Å². The second kappa shape index (κ2) is 9.11. The molecule has 1 aromatic carbocycles. The summed E-state index contributed by atoms with van der Waals surface area (Å²) >= 11 is 11.9. The molecule has 1 atom stereocenters. The molecule has 23 heavy (non-hydrogen) atoms. The van der Waals surface area contributed by atoms with Gasteiger partial charge in [-0.15, -0.1) is 0 Å². The van der Waals surface area contributed by atoms with Gasteiger partial charge in [-0.2, -0.15) is 5.10 Å². The van der Waals surface area contributed by atoms with Gasteiger partial charge in [-0.3, -0.25) is 9.80 Å². The van der Waals surface area contributed by atoms with Gasteiger partial charge < -0.3 is 10.6 Å². The number of rotatable bonds is 7. The lowest BCUT2D eigenvalue weighted by molar-refractivity contribution is 0.0747. The summed E-state index contributed by atoms with van der Waals surface area (Å²) in [6, 6.07) is 4.90. The maximum atomic E-state index is 12.5. The van der Waals surface area contributed by atoms with Crippen molar-refractivity contribution in [1.82, 2.24) is 9.91 Å². The Morgan fingerprint density at radius 2 is 1.96 bits per heavy atom. The summed E-state index contributed by atoms with van der Waals surface area (Å²) in [7, 11) is 3.65. The lowest BCUT2D eigenvalue weighted by Crippen LogP contribution is -2.36. The molecule has 7 heteroatoms. The number of carbonyl (C=O) groups is 1. The van der Waals surface area contributed by atoms with Crippen LogP contribution in [0, 0.1) is 0 Å². The first-order valence-corrected chi connectivity index (χ1v) is 8.19. The van der Waals surface area contributed by atoms with Gasteiger partial charge in [0.1, 0.15) is 0 Å². The summed E-state index contributed by atoms with van der Waals surface area (Å²) in [5, 5.41) is 7.06. The van der Waals surface area contributed by atoms with Gasteiger partial charge in [0, 0.05) is 50.9 Å². The summed E-state index contributed by atoms with van der Waals surface area (Å²) in [6.45, 7) is 5.18. The highest BCUT2D eigenvalue weighted by Crippen LogP contribution is 2.23. The van der Waals surface area contributed by atoms with Gasteiger partial charge >= 0.3 is 0 Å². The normalized spacial score (nSPS) is 12.9. The Labute approximate surface area is 148 Å². The lowest BCUT2D eigenvalue weighted by atomic mass is 10.1. The number of amides is 1. The van der Waals surface area contributed by atoms with Gasteiger partial charge in [-0.1, -0.05) is 23.2 Å². The molecule has 0 aromatic heterocycles. The Bertz CT molecular complexity index is 577. The van der Waals surface area contributed by atoms with Crippen molar-refractivity contribution in [2.24, 2.45) is 10.8 Å². The fourth-order valence-electron chi connectivity index (χ4n) is 2.17. The second-order valence-electron chi connectivity index (χ2n) is 5.60. The Morgan fingerprint density at radius 3 is 2.52 bits per heavy atom. The first-order chi connectivity index (χ1) is 10.8. The topological polar surface area (TPSA) is 61.9 Å². The third kappa shape index (κ3) is 6.01. The maximum Gasteiger partial charge on any atom is 0.253 e. The molecule has 0 radical (unpaired) electrons. The largest absolute Gasteiger partial charge is 0.339 e. The fourth-order valence-corrected chi connectivity index (χ4v) is 2.46. The summed E-state index contributed by atoms with van der Waals surface area (Å²) in [5.74, 6) is -0.0980. The number of benzene rings is 1. The van der Waals surface area contributed by atoms with Crippen LogP contribution in [-0.2, 0) is 0 Å². The van der Waals surface area contributed by atoms with Gasteiger partial charge in [0.2, 0.25) is 0 Å². The quantitative estimate of drug-likeness (QED) is 0.601. The number of nitrogens with zero attached hydrogens (tertiary/aromatic N) is 3. The molecule has 1 amide bonds. The average molecular weight is 359 g/mol. The van der Waals surface area contributed by atoms with Crippen molar-refractivity contribution in [3.63, 3.8) is 0 Å². The number of carbonyl (C=O) groups excluding carboxylic acids is 1. The SMILES string of the molecule is C/C(C[C@@H](C)N(C)C(=O)c1ccc(Cl)c(Cl)c1)=N\N(C)CCN. The maximum absolute atomic E-state index is 12.5. The minimum absolute atomic E-state index is 0.00646. The van der Waals surface area contributed by atoms with Crippen LogP contribution in [0.4, 0.5) is 0 Å². The van der Waals surface area contributed by atoms with Gasteiger partial charge in [0.15, 0.2) is 0 Å². The number of halogens is 2. The van der Waals surface area contributed by atoms with Crippen molar-refractivity contribution in [3.8, 4) is 0 Å². The zero-order valence-corrected chi connectivity index (χ0v) is 15.5. The van der Waals surface area contributed by atoms with E-state index in [1.165, 1.54) is 0 Å². The van der Waals surface area contributed by atoms with Crippen molar-refractivity contribution in [2.75, 3.05) is 27.2 Å². The fraction of sp³-hybridized carbons (Fsp3) is 0.500. The molecule has 0 saturated heterocycles. The van der Waals surface area contributed by atoms with Crippen LogP contribution in [0.15, 0.2) is 23.3 Å². The Kier molecular flexibility index (Phi) is 7.82. The lowest BCUT2D eigenvalue weighted by Gasteiger charge is -2.25. The molecule has 128 valence electrons. The van der Waals surface area contributed by atoms with Crippen molar-refractivity contribution in [2.45, 2.75) is 26.3 Å². The van der Waals surface area contributed by atoms with Crippen LogP contribution >= 0.6 is 23.2 Å².